The van der Waals surface area contributed by atoms with E-state index in [0.717, 1.165) is 0 Å². The summed E-state index contributed by atoms with van der Waals surface area (Å²) >= 11 is 0. The maximum Gasteiger partial charge on any atom is 0.234 e. The number of amides is 2. The zero-order valence-electron chi connectivity index (χ0n) is 5.64. The standard InChI is InChI=1S/C5H5NO3.Na/c7-3-1-4(8)6-5(9)2-3;/h1-2H2,(H,6,8,9);. The molecule has 2 amide bonds. The van der Waals surface area contributed by atoms with Crippen molar-refractivity contribution >= 4 is 47.2 Å². The number of hydrogen-bond acceptors (Lipinski definition) is 3. The van der Waals surface area contributed by atoms with Crippen LogP contribution in [0.5, 0.6) is 0 Å². The first-order valence-electron chi connectivity index (χ1n) is 2.53. The molecule has 0 unspecified atom stereocenters. The van der Waals surface area contributed by atoms with Gasteiger partial charge in [0.05, 0.1) is 12.8 Å². The minimum absolute atomic E-state index is 0. The van der Waals surface area contributed by atoms with Crippen LogP contribution in [0.15, 0.2) is 0 Å². The second kappa shape index (κ2) is 3.85. The van der Waals surface area contributed by atoms with Crippen molar-refractivity contribution in [2.75, 3.05) is 0 Å². The Balaban J connectivity index is 0.000000810. The van der Waals surface area contributed by atoms with Crippen LogP contribution in [0.2, 0.25) is 0 Å². The third-order valence-electron chi connectivity index (χ3n) is 0.994. The average molecular weight is 150 g/mol. The number of Topliss-reactive ketones (excluding diaryl/α,β-unsaturated/α-hetero) is 1. The molecule has 10 heavy (non-hydrogen) atoms. The van der Waals surface area contributed by atoms with Crippen LogP contribution in [-0.2, 0) is 14.4 Å². The number of nitrogens with one attached hydrogen (secondary N) is 1. The molecule has 0 saturated carbocycles. The summed E-state index contributed by atoms with van der Waals surface area (Å²) in [4.78, 5) is 31.1. The van der Waals surface area contributed by atoms with Crippen LogP contribution in [0.3, 0.4) is 0 Å². The molecule has 0 aromatic rings. The summed E-state index contributed by atoms with van der Waals surface area (Å²) in [7, 11) is 0. The number of imide groups is 1. The maximum atomic E-state index is 10.4. The smallest absolute Gasteiger partial charge is 0.234 e. The molecule has 0 aromatic heterocycles. The Kier molecular flexibility index (Phi) is 3.78. The van der Waals surface area contributed by atoms with Gasteiger partial charge < -0.3 is 0 Å². The molecule has 1 radical (unpaired) electrons. The van der Waals surface area contributed by atoms with Crippen LogP contribution >= 0.6 is 0 Å². The molecule has 4 nitrogen and oxygen atoms in total. The van der Waals surface area contributed by atoms with Crippen LogP contribution in [-0.4, -0.2) is 47.2 Å². The van der Waals surface area contributed by atoms with Crippen LogP contribution in [0.1, 0.15) is 12.8 Å². The second-order valence-corrected chi connectivity index (χ2v) is 1.86. The first kappa shape index (κ1) is 9.81. The van der Waals surface area contributed by atoms with Gasteiger partial charge in [0, 0.05) is 29.6 Å². The molecule has 1 fully saturated rings. The minimum Gasteiger partial charge on any atom is -0.299 e. The maximum absolute atomic E-state index is 10.4. The van der Waals surface area contributed by atoms with Gasteiger partial charge in [-0.25, -0.2) is 0 Å². The van der Waals surface area contributed by atoms with E-state index in [0.29, 0.717) is 0 Å². The SMILES string of the molecule is O=C1CC(=O)NC(=O)C1.[Na]. The summed E-state index contributed by atoms with van der Waals surface area (Å²) in [5, 5.41) is 2.01. The van der Waals surface area contributed by atoms with Gasteiger partial charge in [-0.2, -0.15) is 0 Å². The molecule has 1 aliphatic rings. The summed E-state index contributed by atoms with van der Waals surface area (Å²) < 4.78 is 0. The fraction of sp³-hybridized carbons (Fsp3) is 0.400. The number of piperidine rings is 1. The monoisotopic (exact) mass is 150 g/mol. The summed E-state index contributed by atoms with van der Waals surface area (Å²) in [5.41, 5.74) is 0. The van der Waals surface area contributed by atoms with E-state index in [1.54, 1.807) is 0 Å². The Morgan fingerprint density at radius 3 is 1.70 bits per heavy atom. The van der Waals surface area contributed by atoms with Gasteiger partial charge in [-0.3, -0.25) is 19.7 Å². The summed E-state index contributed by atoms with van der Waals surface area (Å²) in [6, 6.07) is 0. The molecular weight excluding hydrogens is 145 g/mol. The van der Waals surface area contributed by atoms with Gasteiger partial charge in [0.1, 0.15) is 0 Å². The molecule has 1 saturated heterocycles. The van der Waals surface area contributed by atoms with E-state index in [9.17, 15) is 14.4 Å². The van der Waals surface area contributed by atoms with E-state index in [2.05, 4.69) is 0 Å². The van der Waals surface area contributed by atoms with Gasteiger partial charge in [0.2, 0.25) is 11.8 Å². The summed E-state index contributed by atoms with van der Waals surface area (Å²) in [6.45, 7) is 0. The van der Waals surface area contributed by atoms with E-state index in [1.807, 2.05) is 5.32 Å². The van der Waals surface area contributed by atoms with E-state index in [1.165, 1.54) is 0 Å². The number of hydrogen-bond donors (Lipinski definition) is 1. The van der Waals surface area contributed by atoms with Crippen molar-refractivity contribution in [1.82, 2.24) is 5.32 Å². The molecule has 0 aromatic carbocycles. The van der Waals surface area contributed by atoms with Crippen molar-refractivity contribution in [2.24, 2.45) is 0 Å². The minimum atomic E-state index is -0.490. The third kappa shape index (κ3) is 2.60. The Labute approximate surface area is 79.6 Å². The number of carbonyl (C=O) groups is 3. The van der Waals surface area contributed by atoms with E-state index < -0.39 is 11.8 Å². The summed E-state index contributed by atoms with van der Waals surface area (Å²) in [5.74, 6) is -1.28. The number of ketones is 1. The molecule has 0 spiro atoms. The van der Waals surface area contributed by atoms with Gasteiger partial charge in [0.25, 0.3) is 0 Å². The van der Waals surface area contributed by atoms with Gasteiger partial charge in [-0.05, 0) is 0 Å². The third-order valence-corrected chi connectivity index (χ3v) is 0.994. The zero-order valence-corrected chi connectivity index (χ0v) is 7.64. The van der Waals surface area contributed by atoms with Crippen molar-refractivity contribution in [3.8, 4) is 0 Å². The fourth-order valence-electron chi connectivity index (χ4n) is 0.665. The first-order chi connectivity index (χ1) is 4.18. The van der Waals surface area contributed by atoms with Crippen molar-refractivity contribution in [2.45, 2.75) is 12.8 Å². The van der Waals surface area contributed by atoms with Gasteiger partial charge in [-0.1, -0.05) is 0 Å². The van der Waals surface area contributed by atoms with E-state index in [-0.39, 0.29) is 48.2 Å². The van der Waals surface area contributed by atoms with Gasteiger partial charge >= 0.3 is 0 Å². The largest absolute Gasteiger partial charge is 0.299 e. The molecule has 0 bridgehead atoms. The second-order valence-electron chi connectivity index (χ2n) is 1.86. The Morgan fingerprint density at radius 2 is 1.40 bits per heavy atom. The van der Waals surface area contributed by atoms with Crippen molar-refractivity contribution in [1.29, 1.82) is 0 Å². The van der Waals surface area contributed by atoms with Gasteiger partial charge in [-0.15, -0.1) is 0 Å². The van der Waals surface area contributed by atoms with Crippen molar-refractivity contribution in [3.63, 3.8) is 0 Å². The van der Waals surface area contributed by atoms with Crippen LogP contribution in [0.4, 0.5) is 0 Å². The molecule has 1 N–H and O–H groups in total. The predicted octanol–water partition coefficient (Wildman–Crippen LogP) is -1.39. The Morgan fingerprint density at radius 1 is 1.00 bits per heavy atom. The molecule has 0 atom stereocenters. The Hall–Kier alpha value is -0.190. The van der Waals surface area contributed by atoms with Crippen LogP contribution in [0.25, 0.3) is 0 Å². The number of rotatable bonds is 0. The number of carbonyl (C=O) groups excluding carboxylic acids is 3. The summed E-state index contributed by atoms with van der Waals surface area (Å²) in [6.07, 6.45) is -0.294. The molecule has 49 valence electrons. The average Bonchev–Trinajstić information content (AvgIpc) is 1.59. The molecule has 1 aliphatic heterocycles. The zero-order chi connectivity index (χ0) is 6.85. The van der Waals surface area contributed by atoms with Crippen molar-refractivity contribution in [3.05, 3.63) is 0 Å². The molecule has 5 heteroatoms. The van der Waals surface area contributed by atoms with E-state index in [4.69, 9.17) is 0 Å². The van der Waals surface area contributed by atoms with E-state index >= 15 is 0 Å². The topological polar surface area (TPSA) is 63.2 Å². The molecule has 1 heterocycles. The van der Waals surface area contributed by atoms with Crippen molar-refractivity contribution < 1.29 is 14.4 Å². The molecule has 0 aliphatic carbocycles. The van der Waals surface area contributed by atoms with Gasteiger partial charge in [0.15, 0.2) is 5.78 Å². The van der Waals surface area contributed by atoms with Crippen LogP contribution in [0, 0.1) is 0 Å². The quantitative estimate of drug-likeness (QED) is 0.263. The predicted molar refractivity (Wildman–Crippen MR) is 33.1 cm³/mol. The fourth-order valence-corrected chi connectivity index (χ4v) is 0.665. The Bertz CT molecular complexity index is 144. The normalized spacial score (nSPS) is 17.8. The first-order valence-corrected chi connectivity index (χ1v) is 2.53. The van der Waals surface area contributed by atoms with Crippen LogP contribution < -0.4 is 5.32 Å². The molecular formula is C5H5NNaO3. The molecule has 1 rings (SSSR count).